The maximum absolute atomic E-state index is 14.1. The fraction of sp³-hybridized carbons (Fsp3) is 0.375. The number of methoxy groups -OCH3 is 1. The van der Waals surface area contributed by atoms with Crippen LogP contribution in [0.5, 0.6) is 5.75 Å². The minimum atomic E-state index is -4.09. The minimum Gasteiger partial charge on any atom is -0.497 e. The predicted molar refractivity (Wildman–Crippen MR) is 160 cm³/mol. The lowest BCUT2D eigenvalue weighted by Gasteiger charge is -2.32. The molecule has 1 aliphatic carbocycles. The number of nitrogens with zero attached hydrogens (tertiary/aromatic N) is 2. The molecular formula is C32H39N3O5S. The van der Waals surface area contributed by atoms with E-state index in [0.29, 0.717) is 11.4 Å². The van der Waals surface area contributed by atoms with E-state index in [4.69, 9.17) is 4.74 Å². The van der Waals surface area contributed by atoms with Crippen molar-refractivity contribution in [1.29, 1.82) is 0 Å². The lowest BCUT2D eigenvalue weighted by atomic mass is 10.1. The number of aryl methyl sites for hydroxylation is 2. The zero-order valence-electron chi connectivity index (χ0n) is 24.2. The van der Waals surface area contributed by atoms with Crippen LogP contribution >= 0.6 is 0 Å². The van der Waals surface area contributed by atoms with Crippen LogP contribution < -0.4 is 14.4 Å². The van der Waals surface area contributed by atoms with Gasteiger partial charge >= 0.3 is 0 Å². The van der Waals surface area contributed by atoms with Crippen LogP contribution in [-0.4, -0.2) is 50.9 Å². The van der Waals surface area contributed by atoms with Crippen molar-refractivity contribution in [3.8, 4) is 5.75 Å². The Bertz CT molecular complexity index is 1430. The van der Waals surface area contributed by atoms with Gasteiger partial charge in [0, 0.05) is 12.6 Å². The number of rotatable bonds is 11. The van der Waals surface area contributed by atoms with Crippen LogP contribution in [0.2, 0.25) is 0 Å². The maximum Gasteiger partial charge on any atom is 0.264 e. The topological polar surface area (TPSA) is 96.0 Å². The number of amides is 2. The summed E-state index contributed by atoms with van der Waals surface area (Å²) in [5.41, 5.74) is 2.94. The number of sulfonamides is 1. The average Bonchev–Trinajstić information content (AvgIpc) is 3.47. The van der Waals surface area contributed by atoms with Gasteiger partial charge in [-0.3, -0.25) is 13.9 Å². The molecule has 9 heteroatoms. The average molecular weight is 578 g/mol. The number of hydrogen-bond acceptors (Lipinski definition) is 5. The van der Waals surface area contributed by atoms with Gasteiger partial charge in [-0.2, -0.15) is 0 Å². The molecule has 8 nitrogen and oxygen atoms in total. The van der Waals surface area contributed by atoms with Crippen molar-refractivity contribution in [1.82, 2.24) is 10.2 Å². The van der Waals surface area contributed by atoms with Crippen LogP contribution in [0, 0.1) is 13.8 Å². The molecule has 41 heavy (non-hydrogen) atoms. The van der Waals surface area contributed by atoms with Gasteiger partial charge in [-0.1, -0.05) is 49.2 Å². The summed E-state index contributed by atoms with van der Waals surface area (Å²) < 4.78 is 34.3. The third kappa shape index (κ3) is 7.47. The Balaban J connectivity index is 1.69. The molecule has 0 aromatic heterocycles. The Morgan fingerprint density at radius 1 is 0.951 bits per heavy atom. The van der Waals surface area contributed by atoms with Crippen molar-refractivity contribution in [2.45, 2.75) is 70.0 Å². The second kappa shape index (κ2) is 13.2. The number of anilines is 1. The SMILES string of the molecule is COc1ccc(CN(C(=O)CN(c2cc(C)cc(C)c2)S(=O)(=O)c2ccccc2)[C@H](C)C(=O)NC2CCCC2)cc1. The van der Waals surface area contributed by atoms with E-state index in [-0.39, 0.29) is 23.4 Å². The molecule has 1 saturated carbocycles. The molecule has 0 radical (unpaired) electrons. The Kier molecular flexibility index (Phi) is 9.70. The van der Waals surface area contributed by atoms with E-state index in [2.05, 4.69) is 5.32 Å². The summed E-state index contributed by atoms with van der Waals surface area (Å²) in [7, 11) is -2.52. The molecular weight excluding hydrogens is 538 g/mol. The van der Waals surface area contributed by atoms with Gasteiger partial charge < -0.3 is 15.0 Å². The largest absolute Gasteiger partial charge is 0.497 e. The standard InChI is InChI=1S/C32H39N3O5S/c1-23-18-24(2)20-28(19-23)35(41(38,39)30-12-6-5-7-13-30)22-31(36)34(21-26-14-16-29(40-4)17-15-26)25(3)32(37)33-27-10-8-9-11-27/h5-7,12-20,25,27H,8-11,21-22H2,1-4H3,(H,33,37)/t25-/m1/s1. The van der Waals surface area contributed by atoms with Crippen LogP contribution in [0.4, 0.5) is 5.69 Å². The molecule has 4 rings (SSSR count). The highest BCUT2D eigenvalue weighted by molar-refractivity contribution is 7.92. The van der Waals surface area contributed by atoms with Crippen LogP contribution in [0.25, 0.3) is 0 Å². The highest BCUT2D eigenvalue weighted by Crippen LogP contribution is 2.27. The van der Waals surface area contributed by atoms with Crippen LogP contribution in [0.3, 0.4) is 0 Å². The molecule has 1 atom stereocenters. The molecule has 1 fully saturated rings. The first-order chi connectivity index (χ1) is 19.6. The number of carbonyl (C=O) groups excluding carboxylic acids is 2. The quantitative estimate of drug-likeness (QED) is 0.347. The lowest BCUT2D eigenvalue weighted by Crippen LogP contribution is -2.52. The molecule has 0 aliphatic heterocycles. The van der Waals surface area contributed by atoms with Gasteiger partial charge in [-0.25, -0.2) is 8.42 Å². The number of carbonyl (C=O) groups is 2. The molecule has 0 unspecified atom stereocenters. The number of ether oxygens (including phenoxy) is 1. The number of benzene rings is 3. The van der Waals surface area contributed by atoms with E-state index in [1.54, 1.807) is 56.5 Å². The second-order valence-corrected chi connectivity index (χ2v) is 12.6. The molecule has 0 heterocycles. The highest BCUT2D eigenvalue weighted by atomic mass is 32.2. The third-order valence-corrected chi connectivity index (χ3v) is 9.27. The smallest absolute Gasteiger partial charge is 0.264 e. The molecule has 0 bridgehead atoms. The van der Waals surface area contributed by atoms with E-state index < -0.39 is 28.5 Å². The molecule has 2 amide bonds. The van der Waals surface area contributed by atoms with Crippen molar-refractivity contribution < 1.29 is 22.7 Å². The van der Waals surface area contributed by atoms with Crippen molar-refractivity contribution in [2.24, 2.45) is 0 Å². The molecule has 218 valence electrons. The van der Waals surface area contributed by atoms with Gasteiger partial charge in [-0.15, -0.1) is 0 Å². The van der Waals surface area contributed by atoms with Crippen molar-refractivity contribution in [3.05, 3.63) is 89.5 Å². The first kappa shape index (κ1) is 30.1. The summed E-state index contributed by atoms with van der Waals surface area (Å²) in [4.78, 5) is 29.0. The fourth-order valence-electron chi connectivity index (χ4n) is 5.25. The summed E-state index contributed by atoms with van der Waals surface area (Å²) in [5.74, 6) is -0.0511. The Morgan fingerprint density at radius 3 is 2.15 bits per heavy atom. The maximum atomic E-state index is 14.1. The van der Waals surface area contributed by atoms with E-state index in [0.717, 1.165) is 46.7 Å². The van der Waals surface area contributed by atoms with Crippen LogP contribution in [0.1, 0.15) is 49.3 Å². The number of nitrogens with one attached hydrogen (secondary N) is 1. The first-order valence-corrected chi connectivity index (χ1v) is 15.4. The Labute approximate surface area is 243 Å². The number of hydrogen-bond donors (Lipinski definition) is 1. The molecule has 0 saturated heterocycles. The van der Waals surface area contributed by atoms with Crippen LogP contribution in [0.15, 0.2) is 77.7 Å². The Morgan fingerprint density at radius 2 is 1.56 bits per heavy atom. The summed E-state index contributed by atoms with van der Waals surface area (Å²) in [6, 6.07) is 20.1. The second-order valence-electron chi connectivity index (χ2n) is 10.7. The van der Waals surface area contributed by atoms with Gasteiger partial charge in [0.15, 0.2) is 0 Å². The van der Waals surface area contributed by atoms with Crippen molar-refractivity contribution in [2.75, 3.05) is 18.0 Å². The lowest BCUT2D eigenvalue weighted by molar-refractivity contribution is -0.139. The predicted octanol–water partition coefficient (Wildman–Crippen LogP) is 4.98. The van der Waals surface area contributed by atoms with Crippen molar-refractivity contribution in [3.63, 3.8) is 0 Å². The minimum absolute atomic E-state index is 0.0840. The van der Waals surface area contributed by atoms with E-state index in [1.807, 2.05) is 32.0 Å². The monoisotopic (exact) mass is 577 g/mol. The highest BCUT2D eigenvalue weighted by Gasteiger charge is 2.33. The summed E-state index contributed by atoms with van der Waals surface area (Å²) >= 11 is 0. The summed E-state index contributed by atoms with van der Waals surface area (Å²) in [6.45, 7) is 5.14. The van der Waals surface area contributed by atoms with Gasteiger partial charge in [-0.05, 0) is 86.7 Å². The van der Waals surface area contributed by atoms with Crippen molar-refractivity contribution >= 4 is 27.5 Å². The van der Waals surface area contributed by atoms with Gasteiger partial charge in [0.2, 0.25) is 11.8 Å². The zero-order valence-corrected chi connectivity index (χ0v) is 25.0. The first-order valence-electron chi connectivity index (χ1n) is 14.0. The fourth-order valence-corrected chi connectivity index (χ4v) is 6.66. The Hall–Kier alpha value is -3.85. The third-order valence-electron chi connectivity index (χ3n) is 7.49. The molecule has 0 spiro atoms. The van der Waals surface area contributed by atoms with Gasteiger partial charge in [0.05, 0.1) is 17.7 Å². The van der Waals surface area contributed by atoms with E-state index in [1.165, 1.54) is 17.0 Å². The van der Waals surface area contributed by atoms with Crippen LogP contribution in [-0.2, 0) is 26.2 Å². The van der Waals surface area contributed by atoms with Gasteiger partial charge in [0.25, 0.3) is 10.0 Å². The molecule has 3 aromatic rings. The van der Waals surface area contributed by atoms with Gasteiger partial charge in [0.1, 0.15) is 18.3 Å². The molecule has 1 aliphatic rings. The molecule has 3 aromatic carbocycles. The molecule has 1 N–H and O–H groups in total. The summed E-state index contributed by atoms with van der Waals surface area (Å²) in [6.07, 6.45) is 3.97. The summed E-state index contributed by atoms with van der Waals surface area (Å²) in [5, 5.41) is 3.09. The van der Waals surface area contributed by atoms with E-state index >= 15 is 0 Å². The zero-order chi connectivity index (χ0) is 29.6. The van der Waals surface area contributed by atoms with E-state index in [9.17, 15) is 18.0 Å². The normalized spacial score (nSPS) is 14.3.